The first-order valence-electron chi connectivity index (χ1n) is 8.27. The van der Waals surface area contributed by atoms with Gasteiger partial charge in [0.1, 0.15) is 18.9 Å². The number of phosphoric acid groups is 3. The van der Waals surface area contributed by atoms with Crippen LogP contribution in [0.4, 0.5) is 8.78 Å². The Kier molecular flexibility index (Phi) is 8.05. The van der Waals surface area contributed by atoms with E-state index in [-0.39, 0.29) is 10.8 Å². The number of ether oxygens (including phenoxy) is 1. The SMILES string of the molecule is C[C@H](OP(=O)(O)OP(=O)(O)OP(=O)(O)O)[C@H]1O[C@@H](n2cc(F)c(=O)[nH]c2=O)[C@@](O)(CF)C1O. The van der Waals surface area contributed by atoms with Gasteiger partial charge in [0.2, 0.25) is 5.82 Å². The molecule has 0 aromatic carbocycles. The van der Waals surface area contributed by atoms with Crippen molar-refractivity contribution in [3.05, 3.63) is 32.9 Å². The average Bonchev–Trinajstić information content (AvgIpc) is 2.87. The molecule has 7 atom stereocenters. The molecule has 1 aliphatic rings. The third-order valence-electron chi connectivity index (χ3n) is 4.11. The molecule has 0 spiro atoms. The third-order valence-corrected chi connectivity index (χ3v) is 8.03. The van der Waals surface area contributed by atoms with Crippen LogP contribution in [0, 0.1) is 5.82 Å². The fraction of sp³-hybridized carbons (Fsp3) is 0.636. The number of aliphatic hydroxyl groups excluding tert-OH is 1. The molecular weight excluding hydrogens is 531 g/mol. The number of halogens is 2. The first kappa shape index (κ1) is 28.1. The van der Waals surface area contributed by atoms with Gasteiger partial charge in [-0.1, -0.05) is 0 Å². The molecule has 0 saturated carbocycles. The summed E-state index contributed by atoms with van der Waals surface area (Å²) in [6.07, 6.45) is -8.26. The highest BCUT2D eigenvalue weighted by molar-refractivity contribution is 7.66. The quantitative estimate of drug-likeness (QED) is 0.171. The lowest BCUT2D eigenvalue weighted by Crippen LogP contribution is -2.51. The van der Waals surface area contributed by atoms with Crippen molar-refractivity contribution in [2.45, 2.75) is 37.1 Å². The van der Waals surface area contributed by atoms with Gasteiger partial charge in [-0.25, -0.2) is 22.9 Å². The molecule has 2 heterocycles. The van der Waals surface area contributed by atoms with E-state index in [1.807, 2.05) is 0 Å². The van der Waals surface area contributed by atoms with Gasteiger partial charge in [-0.05, 0) is 6.92 Å². The van der Waals surface area contributed by atoms with E-state index in [1.54, 1.807) is 0 Å². The Balaban J connectivity index is 2.30. The van der Waals surface area contributed by atoms with Crippen LogP contribution in [0.3, 0.4) is 0 Å². The first-order chi connectivity index (χ1) is 14.8. The lowest BCUT2D eigenvalue weighted by molar-refractivity contribution is -0.122. The summed E-state index contributed by atoms with van der Waals surface area (Å²) in [5, 5.41) is 20.8. The van der Waals surface area contributed by atoms with E-state index in [2.05, 4.69) is 13.1 Å². The van der Waals surface area contributed by atoms with Gasteiger partial charge in [-0.3, -0.25) is 18.9 Å². The zero-order valence-electron chi connectivity index (χ0n) is 16.0. The third kappa shape index (κ3) is 6.49. The molecule has 0 amide bonds. The fourth-order valence-corrected chi connectivity index (χ4v) is 5.99. The van der Waals surface area contributed by atoms with Crippen LogP contribution in [0.5, 0.6) is 0 Å². The standard InChI is InChI=1S/C11H17F2N2O15P3/c1-4(28-32(23,24)30-33(25,26)29-31(20,21)22)6-7(16)11(19,3-12)9(27-6)15-2-5(13)8(17)14-10(15)18/h2,4,6-7,9,16,19H,3H2,1H3,(H,23,24)(H,25,26)(H,14,17,18)(H2,20,21,22)/t4-,6+,7?,9+,11+/m0/s1. The number of nitrogens with zero attached hydrogens (tertiary/aromatic N) is 1. The van der Waals surface area contributed by atoms with Crippen LogP contribution in [0.1, 0.15) is 13.2 Å². The minimum absolute atomic E-state index is 0.178. The molecule has 1 fully saturated rings. The Bertz CT molecular complexity index is 1150. The smallest absolute Gasteiger partial charge is 0.387 e. The number of nitrogens with one attached hydrogen (secondary N) is 1. The van der Waals surface area contributed by atoms with Crippen molar-refractivity contribution in [2.24, 2.45) is 0 Å². The summed E-state index contributed by atoms with van der Waals surface area (Å²) in [7, 11) is -17.3. The summed E-state index contributed by atoms with van der Waals surface area (Å²) >= 11 is 0. The number of aromatic amines is 1. The lowest BCUT2D eigenvalue weighted by atomic mass is 9.93. The summed E-state index contributed by atoms with van der Waals surface area (Å²) in [6, 6.07) is 0. The van der Waals surface area contributed by atoms with E-state index in [4.69, 9.17) is 19.4 Å². The van der Waals surface area contributed by atoms with Crippen LogP contribution < -0.4 is 11.2 Å². The zero-order chi connectivity index (χ0) is 25.6. The number of alkyl halides is 1. The largest absolute Gasteiger partial charge is 0.490 e. The van der Waals surface area contributed by atoms with Gasteiger partial charge in [-0.15, -0.1) is 0 Å². The number of aliphatic hydroxyl groups is 2. The Morgan fingerprint density at radius 3 is 2.30 bits per heavy atom. The summed E-state index contributed by atoms with van der Waals surface area (Å²) in [5.74, 6) is -1.56. The van der Waals surface area contributed by atoms with Crippen LogP contribution in [-0.4, -0.2) is 69.9 Å². The maximum atomic E-state index is 13.6. The number of aromatic nitrogens is 2. The van der Waals surface area contributed by atoms with Crippen molar-refractivity contribution in [1.29, 1.82) is 0 Å². The van der Waals surface area contributed by atoms with Crippen molar-refractivity contribution in [3.8, 4) is 0 Å². The predicted molar refractivity (Wildman–Crippen MR) is 96.5 cm³/mol. The van der Waals surface area contributed by atoms with E-state index in [0.29, 0.717) is 0 Å². The molecular formula is C11H17F2N2O15P3. The maximum Gasteiger partial charge on any atom is 0.490 e. The maximum absolute atomic E-state index is 13.6. The second-order valence-electron chi connectivity index (χ2n) is 6.57. The van der Waals surface area contributed by atoms with E-state index < -0.39 is 77.3 Å². The molecule has 0 aliphatic carbocycles. The molecule has 0 bridgehead atoms. The first-order valence-corrected chi connectivity index (χ1v) is 12.8. The predicted octanol–water partition coefficient (Wildman–Crippen LogP) is -1.63. The Morgan fingerprint density at radius 1 is 1.21 bits per heavy atom. The van der Waals surface area contributed by atoms with Gasteiger partial charge in [0.25, 0.3) is 5.56 Å². The molecule has 1 aliphatic heterocycles. The molecule has 190 valence electrons. The Labute approximate surface area is 180 Å². The van der Waals surface area contributed by atoms with Crippen molar-refractivity contribution >= 4 is 23.5 Å². The van der Waals surface area contributed by atoms with Gasteiger partial charge in [0, 0.05) is 0 Å². The number of hydrogen-bond acceptors (Lipinski definition) is 11. The summed E-state index contributed by atoms with van der Waals surface area (Å²) in [5.41, 5.74) is -5.85. The highest BCUT2D eigenvalue weighted by atomic mass is 31.3. The van der Waals surface area contributed by atoms with Crippen molar-refractivity contribution in [1.82, 2.24) is 9.55 Å². The minimum atomic E-state index is -5.88. The molecule has 1 saturated heterocycles. The van der Waals surface area contributed by atoms with Gasteiger partial charge >= 0.3 is 29.2 Å². The number of rotatable bonds is 9. The topological polar surface area (TPSA) is 264 Å². The van der Waals surface area contributed by atoms with Crippen LogP contribution in [-0.2, 0) is 31.6 Å². The highest BCUT2D eigenvalue weighted by Gasteiger charge is 2.59. The van der Waals surface area contributed by atoms with Gasteiger partial charge in [0.15, 0.2) is 11.8 Å². The fourth-order valence-electron chi connectivity index (χ4n) is 2.79. The van der Waals surface area contributed by atoms with Crippen molar-refractivity contribution in [3.63, 3.8) is 0 Å². The lowest BCUT2D eigenvalue weighted by Gasteiger charge is -2.29. The molecule has 2 rings (SSSR count). The molecule has 33 heavy (non-hydrogen) atoms. The van der Waals surface area contributed by atoms with Gasteiger partial charge in [0.05, 0.1) is 12.3 Å². The van der Waals surface area contributed by atoms with Crippen LogP contribution in [0.15, 0.2) is 15.8 Å². The number of H-pyrrole nitrogens is 1. The summed E-state index contributed by atoms with van der Waals surface area (Å²) in [4.78, 5) is 60.3. The molecule has 1 aromatic rings. The zero-order valence-corrected chi connectivity index (χ0v) is 18.7. The van der Waals surface area contributed by atoms with Gasteiger partial charge in [-0.2, -0.15) is 13.0 Å². The molecule has 22 heteroatoms. The molecule has 17 nitrogen and oxygen atoms in total. The van der Waals surface area contributed by atoms with Crippen LogP contribution >= 0.6 is 23.5 Å². The Hall–Kier alpha value is -1.17. The Morgan fingerprint density at radius 2 is 1.79 bits per heavy atom. The van der Waals surface area contributed by atoms with E-state index in [9.17, 15) is 47.2 Å². The highest BCUT2D eigenvalue weighted by Crippen LogP contribution is 2.66. The minimum Gasteiger partial charge on any atom is -0.387 e. The monoisotopic (exact) mass is 548 g/mol. The summed E-state index contributed by atoms with van der Waals surface area (Å²) < 4.78 is 77.9. The van der Waals surface area contributed by atoms with Crippen LogP contribution in [0.2, 0.25) is 0 Å². The van der Waals surface area contributed by atoms with E-state index in [1.165, 1.54) is 4.98 Å². The second-order valence-corrected chi connectivity index (χ2v) is 10.9. The van der Waals surface area contributed by atoms with Gasteiger partial charge < -0.3 is 34.5 Å². The molecule has 1 aromatic heterocycles. The average molecular weight is 548 g/mol. The molecule has 0 radical (unpaired) electrons. The summed E-state index contributed by atoms with van der Waals surface area (Å²) in [6.45, 7) is -0.992. The van der Waals surface area contributed by atoms with Crippen molar-refractivity contribution < 1.29 is 70.1 Å². The van der Waals surface area contributed by atoms with Crippen molar-refractivity contribution in [2.75, 3.05) is 6.67 Å². The molecule has 7 N–H and O–H groups in total. The van der Waals surface area contributed by atoms with E-state index in [0.717, 1.165) is 6.92 Å². The normalized spacial score (nSPS) is 30.5. The number of phosphoric ester groups is 1. The number of hydrogen-bond donors (Lipinski definition) is 7. The molecule has 3 unspecified atom stereocenters. The second kappa shape index (κ2) is 9.47. The van der Waals surface area contributed by atoms with Crippen LogP contribution in [0.25, 0.3) is 0 Å². The van der Waals surface area contributed by atoms with E-state index >= 15 is 0 Å².